The Labute approximate surface area is 78.3 Å². The zero-order valence-electron chi connectivity index (χ0n) is 8.13. The third-order valence-corrected chi connectivity index (χ3v) is 3.89. The first-order valence-corrected chi connectivity index (χ1v) is 5.81. The Hall–Kier alpha value is -0.0200. The van der Waals surface area contributed by atoms with E-state index in [0.29, 0.717) is 0 Å². The summed E-state index contributed by atoms with van der Waals surface area (Å²) in [6.45, 7) is 9.36. The second-order valence-electron chi connectivity index (χ2n) is 3.75. The van der Waals surface area contributed by atoms with Crippen LogP contribution >= 0.6 is 8.25 Å². The van der Waals surface area contributed by atoms with E-state index in [1.165, 1.54) is 0 Å². The Kier molecular flexibility index (Phi) is 2.79. The van der Waals surface area contributed by atoms with Crippen LogP contribution in [0.4, 0.5) is 4.20 Å². The quantitative estimate of drug-likeness (QED) is 0.533. The van der Waals surface area contributed by atoms with Crippen LogP contribution < -0.4 is 0 Å². The molecule has 1 fully saturated rings. The minimum absolute atomic E-state index is 0.128. The van der Waals surface area contributed by atoms with E-state index < -0.39 is 19.8 Å². The second-order valence-corrected chi connectivity index (χ2v) is 5.29. The van der Waals surface area contributed by atoms with Crippen molar-refractivity contribution in [1.29, 1.82) is 0 Å². The van der Waals surface area contributed by atoms with Crippen LogP contribution in [-0.2, 0) is 9.05 Å². The van der Waals surface area contributed by atoms with Crippen molar-refractivity contribution in [3.8, 4) is 0 Å². The molecule has 1 aliphatic rings. The number of halogens is 1. The van der Waals surface area contributed by atoms with Gasteiger partial charge in [0.2, 0.25) is 0 Å². The predicted octanol–water partition coefficient (Wildman–Crippen LogP) is 2.38. The maximum absolute atomic E-state index is 12.9. The van der Waals surface area contributed by atoms with Gasteiger partial charge in [-0.2, -0.15) is 0 Å². The molecule has 5 heteroatoms. The fourth-order valence-corrected chi connectivity index (χ4v) is 2.45. The van der Waals surface area contributed by atoms with Crippen molar-refractivity contribution in [3.05, 3.63) is 12.2 Å². The molecule has 2 atom stereocenters. The molecule has 1 heterocycles. The molecular weight excluding hydrogens is 194 g/mol. The number of hydrogen-bond acceptors (Lipinski definition) is 3. The number of rotatable bonds is 1. The van der Waals surface area contributed by atoms with E-state index in [0.717, 1.165) is 5.57 Å². The van der Waals surface area contributed by atoms with Gasteiger partial charge >= 0.3 is 77.4 Å². The molecule has 78 valence electrons. The summed E-state index contributed by atoms with van der Waals surface area (Å²) in [4.78, 5) is 8.96. The van der Waals surface area contributed by atoms with Crippen LogP contribution in [-0.4, -0.2) is 17.6 Å². The summed E-state index contributed by atoms with van der Waals surface area (Å²) in [6, 6.07) is 0. The summed E-state index contributed by atoms with van der Waals surface area (Å²) in [5, 5.41) is 0. The summed E-state index contributed by atoms with van der Waals surface area (Å²) in [5.74, 6) is 0. The second kappa shape index (κ2) is 3.28. The van der Waals surface area contributed by atoms with Crippen LogP contribution in [0.5, 0.6) is 0 Å². The summed E-state index contributed by atoms with van der Waals surface area (Å²) in [7, 11) is -4.33. The third kappa shape index (κ3) is 2.08. The van der Waals surface area contributed by atoms with Crippen molar-refractivity contribution in [3.63, 3.8) is 0 Å². The Bertz CT molecular complexity index is 231. The molecule has 0 amide bonds. The van der Waals surface area contributed by atoms with Crippen LogP contribution in [0.1, 0.15) is 20.8 Å². The van der Waals surface area contributed by atoms with Crippen molar-refractivity contribution >= 4 is 8.25 Å². The zero-order chi connectivity index (χ0) is 10.3. The molecule has 0 aromatic rings. The topological polar surface area (TPSA) is 38.7 Å². The predicted molar refractivity (Wildman–Crippen MR) is 51.1 cm³/mol. The minimum atomic E-state index is -4.33. The first kappa shape index (κ1) is 11.1. The van der Waals surface area contributed by atoms with Gasteiger partial charge in [-0.1, -0.05) is 0 Å². The van der Waals surface area contributed by atoms with Crippen molar-refractivity contribution < 1.29 is 18.1 Å². The molecule has 0 bridgehead atoms. The van der Waals surface area contributed by atoms with Gasteiger partial charge in [0.05, 0.1) is 0 Å². The SMILES string of the molecule is C=C(C)C1(C)CO[PH](O)(F)OC1C. The van der Waals surface area contributed by atoms with Gasteiger partial charge in [-0.25, -0.2) is 0 Å². The molecule has 0 saturated carbocycles. The number of hydrogen-bond donors (Lipinski definition) is 1. The molecular formula is C8H16FO3P. The van der Waals surface area contributed by atoms with Gasteiger partial charge in [-0.15, -0.1) is 0 Å². The van der Waals surface area contributed by atoms with Crippen LogP contribution in [0.25, 0.3) is 0 Å². The molecule has 2 unspecified atom stereocenters. The van der Waals surface area contributed by atoms with E-state index in [-0.39, 0.29) is 6.61 Å². The molecule has 1 N–H and O–H groups in total. The average Bonchev–Trinajstić information content (AvgIpc) is 1.96. The summed E-state index contributed by atoms with van der Waals surface area (Å²) in [6.07, 6.45) is -0.402. The third-order valence-electron chi connectivity index (χ3n) is 2.74. The van der Waals surface area contributed by atoms with Crippen molar-refractivity contribution in [2.75, 3.05) is 6.61 Å². The molecule has 0 aromatic heterocycles. The Morgan fingerprint density at radius 3 is 2.69 bits per heavy atom. The summed E-state index contributed by atoms with van der Waals surface area (Å²) in [5.41, 5.74) is 0.454. The normalized spacial score (nSPS) is 41.2. The van der Waals surface area contributed by atoms with E-state index in [2.05, 4.69) is 11.1 Å². The monoisotopic (exact) mass is 210 g/mol. The fourth-order valence-electron chi connectivity index (χ4n) is 1.21. The molecule has 0 aromatic carbocycles. The molecule has 1 aliphatic heterocycles. The molecule has 0 spiro atoms. The van der Waals surface area contributed by atoms with Gasteiger partial charge in [0.1, 0.15) is 0 Å². The molecule has 13 heavy (non-hydrogen) atoms. The Balaban J connectivity index is 2.79. The van der Waals surface area contributed by atoms with Crippen molar-refractivity contribution in [2.24, 2.45) is 5.41 Å². The van der Waals surface area contributed by atoms with Crippen LogP contribution in [0.2, 0.25) is 0 Å². The maximum atomic E-state index is 12.9. The van der Waals surface area contributed by atoms with Gasteiger partial charge in [0.15, 0.2) is 0 Å². The average molecular weight is 210 g/mol. The molecule has 0 aliphatic carbocycles. The van der Waals surface area contributed by atoms with Gasteiger partial charge in [0.25, 0.3) is 0 Å². The van der Waals surface area contributed by atoms with Gasteiger partial charge < -0.3 is 0 Å². The van der Waals surface area contributed by atoms with E-state index in [1.54, 1.807) is 6.92 Å². The van der Waals surface area contributed by atoms with Crippen LogP contribution in [0.15, 0.2) is 12.2 Å². The summed E-state index contributed by atoms with van der Waals surface area (Å²) >= 11 is 0. The van der Waals surface area contributed by atoms with E-state index in [1.807, 2.05) is 13.8 Å². The summed E-state index contributed by atoms with van der Waals surface area (Å²) < 4.78 is 22.4. The van der Waals surface area contributed by atoms with Gasteiger partial charge in [0, 0.05) is 0 Å². The first-order valence-electron chi connectivity index (χ1n) is 4.17. The Morgan fingerprint density at radius 1 is 1.77 bits per heavy atom. The molecule has 0 radical (unpaired) electrons. The molecule has 3 nitrogen and oxygen atoms in total. The van der Waals surface area contributed by atoms with Crippen molar-refractivity contribution in [1.82, 2.24) is 0 Å². The van der Waals surface area contributed by atoms with Crippen LogP contribution in [0.3, 0.4) is 0 Å². The van der Waals surface area contributed by atoms with Gasteiger partial charge in [-0.3, -0.25) is 0 Å². The van der Waals surface area contributed by atoms with E-state index >= 15 is 0 Å². The van der Waals surface area contributed by atoms with E-state index in [9.17, 15) is 4.20 Å². The van der Waals surface area contributed by atoms with Crippen molar-refractivity contribution in [2.45, 2.75) is 26.9 Å². The first-order chi connectivity index (χ1) is 5.78. The van der Waals surface area contributed by atoms with E-state index in [4.69, 9.17) is 9.42 Å². The standard InChI is InChI=1S/C8H16FO3P/c1-6(2)8(4)5-11-13(9,10)12-7(8)3/h7,10,13H,1,5H2,2-4H3. The Morgan fingerprint density at radius 2 is 2.31 bits per heavy atom. The molecule has 1 rings (SSSR count). The van der Waals surface area contributed by atoms with Crippen LogP contribution in [0, 0.1) is 5.41 Å². The van der Waals surface area contributed by atoms with Gasteiger partial charge in [-0.05, 0) is 0 Å². The zero-order valence-corrected chi connectivity index (χ0v) is 9.13. The molecule has 1 saturated heterocycles. The fraction of sp³-hybridized carbons (Fsp3) is 0.750.